The van der Waals surface area contributed by atoms with E-state index in [1.54, 1.807) is 6.33 Å². The Balaban J connectivity index is 1.84. The van der Waals surface area contributed by atoms with Crippen LogP contribution >= 0.6 is 0 Å². The molecule has 1 fully saturated rings. The fourth-order valence-corrected chi connectivity index (χ4v) is 2.17. The van der Waals surface area contributed by atoms with E-state index in [-0.39, 0.29) is 5.41 Å². The van der Waals surface area contributed by atoms with Crippen molar-refractivity contribution in [1.29, 1.82) is 0 Å². The van der Waals surface area contributed by atoms with E-state index in [0.717, 1.165) is 17.1 Å². The molecule has 1 aromatic heterocycles. The molecule has 1 N–H and O–H groups in total. The van der Waals surface area contributed by atoms with Gasteiger partial charge in [-0.05, 0) is 23.8 Å². The molecule has 2 aromatic rings. The molecule has 0 saturated heterocycles. The minimum atomic E-state index is 0.183. The van der Waals surface area contributed by atoms with Gasteiger partial charge in [0.15, 0.2) is 0 Å². The molecule has 1 aliphatic rings. The highest BCUT2D eigenvalue weighted by atomic mass is 15.1. The summed E-state index contributed by atoms with van der Waals surface area (Å²) in [5.41, 5.74) is 3.64. The maximum atomic E-state index is 4.38. The standard InChI is InChI=1S/C17H21N3/c1-17(2,3)13-6-4-12(5-7-13)15-10-16(19-11-18-15)20-14-8-9-14/h4-7,10-11,14H,8-9H2,1-3H3,(H,18,19,20). The summed E-state index contributed by atoms with van der Waals surface area (Å²) in [5.74, 6) is 0.928. The SMILES string of the molecule is CC(C)(C)c1ccc(-c2cc(NC3CC3)ncn2)cc1. The van der Waals surface area contributed by atoms with Gasteiger partial charge in [0.1, 0.15) is 12.1 Å². The average Bonchev–Trinajstić information content (AvgIpc) is 3.22. The van der Waals surface area contributed by atoms with Gasteiger partial charge in [0.25, 0.3) is 0 Å². The van der Waals surface area contributed by atoms with Gasteiger partial charge < -0.3 is 5.32 Å². The lowest BCUT2D eigenvalue weighted by molar-refractivity contribution is 0.590. The van der Waals surface area contributed by atoms with Crippen molar-refractivity contribution >= 4 is 5.82 Å². The van der Waals surface area contributed by atoms with Gasteiger partial charge in [-0.3, -0.25) is 0 Å². The van der Waals surface area contributed by atoms with E-state index in [9.17, 15) is 0 Å². The fourth-order valence-electron chi connectivity index (χ4n) is 2.17. The van der Waals surface area contributed by atoms with Gasteiger partial charge in [-0.25, -0.2) is 9.97 Å². The predicted molar refractivity (Wildman–Crippen MR) is 82.8 cm³/mol. The molecule has 0 radical (unpaired) electrons. The Morgan fingerprint density at radius 2 is 1.75 bits per heavy atom. The molecule has 104 valence electrons. The van der Waals surface area contributed by atoms with Crippen LogP contribution in [0.3, 0.4) is 0 Å². The van der Waals surface area contributed by atoms with Crippen molar-refractivity contribution in [2.45, 2.75) is 45.1 Å². The molecule has 1 heterocycles. The molecule has 3 rings (SSSR count). The first kappa shape index (κ1) is 13.1. The highest BCUT2D eigenvalue weighted by Crippen LogP contribution is 2.27. The first-order valence-corrected chi connectivity index (χ1v) is 7.22. The van der Waals surface area contributed by atoms with Crippen molar-refractivity contribution in [2.75, 3.05) is 5.32 Å². The van der Waals surface area contributed by atoms with Crippen LogP contribution in [0.25, 0.3) is 11.3 Å². The number of hydrogen-bond donors (Lipinski definition) is 1. The van der Waals surface area contributed by atoms with Gasteiger partial charge >= 0.3 is 0 Å². The van der Waals surface area contributed by atoms with E-state index >= 15 is 0 Å². The average molecular weight is 267 g/mol. The third-order valence-electron chi connectivity index (χ3n) is 3.64. The molecule has 0 spiro atoms. The molecule has 3 heteroatoms. The minimum absolute atomic E-state index is 0.183. The molecule has 1 saturated carbocycles. The monoisotopic (exact) mass is 267 g/mol. The largest absolute Gasteiger partial charge is 0.367 e. The van der Waals surface area contributed by atoms with Crippen molar-refractivity contribution in [1.82, 2.24) is 9.97 Å². The highest BCUT2D eigenvalue weighted by Gasteiger charge is 2.21. The van der Waals surface area contributed by atoms with Gasteiger partial charge in [0, 0.05) is 17.7 Å². The minimum Gasteiger partial charge on any atom is -0.367 e. The molecule has 0 unspecified atom stereocenters. The Kier molecular flexibility index (Phi) is 3.20. The second kappa shape index (κ2) is 4.89. The van der Waals surface area contributed by atoms with Gasteiger partial charge in [-0.1, -0.05) is 45.0 Å². The third kappa shape index (κ3) is 2.98. The van der Waals surface area contributed by atoms with Crippen LogP contribution in [-0.4, -0.2) is 16.0 Å². The lowest BCUT2D eigenvalue weighted by Gasteiger charge is -2.19. The molecule has 3 nitrogen and oxygen atoms in total. The van der Waals surface area contributed by atoms with Crippen LogP contribution in [0.1, 0.15) is 39.2 Å². The maximum absolute atomic E-state index is 4.38. The Morgan fingerprint density at radius 3 is 2.35 bits per heavy atom. The Morgan fingerprint density at radius 1 is 1.05 bits per heavy atom. The summed E-state index contributed by atoms with van der Waals surface area (Å²) in [7, 11) is 0. The van der Waals surface area contributed by atoms with E-state index < -0.39 is 0 Å². The zero-order valence-corrected chi connectivity index (χ0v) is 12.4. The lowest BCUT2D eigenvalue weighted by Crippen LogP contribution is -2.10. The smallest absolute Gasteiger partial charge is 0.130 e. The highest BCUT2D eigenvalue weighted by molar-refractivity contribution is 5.62. The van der Waals surface area contributed by atoms with Crippen molar-refractivity contribution < 1.29 is 0 Å². The maximum Gasteiger partial charge on any atom is 0.130 e. The van der Waals surface area contributed by atoms with Gasteiger partial charge in [-0.15, -0.1) is 0 Å². The molecule has 1 aromatic carbocycles. The molecule has 0 atom stereocenters. The van der Waals surface area contributed by atoms with Gasteiger partial charge in [-0.2, -0.15) is 0 Å². The normalized spacial score (nSPS) is 15.2. The van der Waals surface area contributed by atoms with E-state index in [1.165, 1.54) is 18.4 Å². The number of nitrogens with one attached hydrogen (secondary N) is 1. The number of rotatable bonds is 3. The van der Waals surface area contributed by atoms with Crippen LogP contribution < -0.4 is 5.32 Å². The molecule has 20 heavy (non-hydrogen) atoms. The first-order chi connectivity index (χ1) is 9.52. The van der Waals surface area contributed by atoms with Crippen LogP contribution in [0.4, 0.5) is 5.82 Å². The van der Waals surface area contributed by atoms with E-state index in [4.69, 9.17) is 0 Å². The molecule has 0 bridgehead atoms. The Hall–Kier alpha value is -1.90. The first-order valence-electron chi connectivity index (χ1n) is 7.22. The number of aromatic nitrogens is 2. The number of nitrogens with zero attached hydrogens (tertiary/aromatic N) is 2. The predicted octanol–water partition coefficient (Wildman–Crippen LogP) is 4.02. The van der Waals surface area contributed by atoms with E-state index in [2.05, 4.69) is 60.3 Å². The fraction of sp³-hybridized carbons (Fsp3) is 0.412. The Labute approximate surface area is 120 Å². The summed E-state index contributed by atoms with van der Waals surface area (Å²) in [4.78, 5) is 8.66. The zero-order valence-electron chi connectivity index (χ0n) is 12.4. The van der Waals surface area contributed by atoms with Crippen LogP contribution in [0.15, 0.2) is 36.7 Å². The van der Waals surface area contributed by atoms with Crippen LogP contribution in [0.2, 0.25) is 0 Å². The summed E-state index contributed by atoms with van der Waals surface area (Å²) < 4.78 is 0. The van der Waals surface area contributed by atoms with Crippen LogP contribution in [0.5, 0.6) is 0 Å². The molecule has 0 amide bonds. The van der Waals surface area contributed by atoms with Crippen molar-refractivity contribution in [3.8, 4) is 11.3 Å². The topological polar surface area (TPSA) is 37.8 Å². The van der Waals surface area contributed by atoms with E-state index in [0.29, 0.717) is 6.04 Å². The number of benzene rings is 1. The van der Waals surface area contributed by atoms with Gasteiger partial charge in [0.2, 0.25) is 0 Å². The quantitative estimate of drug-likeness (QED) is 0.913. The third-order valence-corrected chi connectivity index (χ3v) is 3.64. The summed E-state index contributed by atoms with van der Waals surface area (Å²) in [6, 6.07) is 11.3. The van der Waals surface area contributed by atoms with Crippen molar-refractivity contribution in [2.24, 2.45) is 0 Å². The molecule has 0 aliphatic heterocycles. The summed E-state index contributed by atoms with van der Waals surface area (Å²) in [6.07, 6.45) is 4.14. The summed E-state index contributed by atoms with van der Waals surface area (Å²) >= 11 is 0. The Bertz CT molecular complexity index is 592. The van der Waals surface area contributed by atoms with Crippen LogP contribution in [-0.2, 0) is 5.41 Å². The lowest BCUT2D eigenvalue weighted by atomic mass is 9.86. The second-order valence-corrected chi connectivity index (χ2v) is 6.53. The van der Waals surface area contributed by atoms with Gasteiger partial charge in [0.05, 0.1) is 5.69 Å². The molecule has 1 aliphatic carbocycles. The van der Waals surface area contributed by atoms with Crippen molar-refractivity contribution in [3.63, 3.8) is 0 Å². The zero-order chi connectivity index (χ0) is 14.2. The van der Waals surface area contributed by atoms with Crippen molar-refractivity contribution in [3.05, 3.63) is 42.2 Å². The molecular formula is C17H21N3. The number of hydrogen-bond acceptors (Lipinski definition) is 3. The summed E-state index contributed by atoms with van der Waals surface area (Å²) in [5, 5.41) is 3.41. The second-order valence-electron chi connectivity index (χ2n) is 6.53. The van der Waals surface area contributed by atoms with E-state index in [1.807, 2.05) is 6.07 Å². The van der Waals surface area contributed by atoms with Crippen LogP contribution in [0, 0.1) is 0 Å². The number of anilines is 1. The summed E-state index contributed by atoms with van der Waals surface area (Å²) in [6.45, 7) is 6.68. The molecular weight excluding hydrogens is 246 g/mol.